The monoisotopic (exact) mass is 603 g/mol. The number of para-hydroxylation sites is 1. The average Bonchev–Trinajstić information content (AvgIpc) is 3.60. The van der Waals surface area contributed by atoms with Gasteiger partial charge in [0.05, 0.1) is 30.1 Å². The van der Waals surface area contributed by atoms with Gasteiger partial charge in [0, 0.05) is 49.3 Å². The number of amides is 1. The van der Waals surface area contributed by atoms with Crippen LogP contribution < -0.4 is 14.8 Å². The Balaban J connectivity index is 1.24. The van der Waals surface area contributed by atoms with Crippen molar-refractivity contribution in [1.29, 1.82) is 0 Å². The molecule has 5 aromatic rings. The summed E-state index contributed by atoms with van der Waals surface area (Å²) in [7, 11) is 0.445. The van der Waals surface area contributed by atoms with Crippen molar-refractivity contribution in [3.8, 4) is 22.1 Å². The summed E-state index contributed by atoms with van der Waals surface area (Å²) in [4.78, 5) is 22.1. The fourth-order valence-electron chi connectivity index (χ4n) is 4.25. The van der Waals surface area contributed by atoms with Crippen molar-refractivity contribution in [2.75, 3.05) is 19.0 Å². The molecule has 13 heteroatoms. The van der Waals surface area contributed by atoms with Gasteiger partial charge in [0.25, 0.3) is 11.1 Å². The van der Waals surface area contributed by atoms with Crippen molar-refractivity contribution in [2.24, 2.45) is 0 Å². The van der Waals surface area contributed by atoms with Gasteiger partial charge in [-0.1, -0.05) is 42.9 Å². The number of anilines is 1. The maximum atomic E-state index is 13.3. The van der Waals surface area contributed by atoms with Gasteiger partial charge < -0.3 is 14.2 Å². The zero-order valence-electron chi connectivity index (χ0n) is 24.2. The molecule has 0 aliphatic heterocycles. The molecule has 42 heavy (non-hydrogen) atoms. The Morgan fingerprint density at radius 3 is 2.71 bits per heavy atom. The van der Waals surface area contributed by atoms with E-state index in [-0.39, 0.29) is 12.5 Å². The Morgan fingerprint density at radius 1 is 1.07 bits per heavy atom. The van der Waals surface area contributed by atoms with Crippen molar-refractivity contribution in [3.05, 3.63) is 71.9 Å². The number of ether oxygens (including phenoxy) is 3. The quantitative estimate of drug-likeness (QED) is 0.139. The molecule has 218 valence electrons. The third-order valence-electron chi connectivity index (χ3n) is 6.51. The van der Waals surface area contributed by atoms with Gasteiger partial charge >= 0.3 is 0 Å². The van der Waals surface area contributed by atoms with Crippen LogP contribution in [0.25, 0.3) is 22.0 Å². The molecule has 4 aromatic heterocycles. The predicted octanol–water partition coefficient (Wildman–Crippen LogP) is 5.81. The van der Waals surface area contributed by atoms with Crippen LogP contribution >= 0.6 is 11.3 Å². The van der Waals surface area contributed by atoms with Crippen molar-refractivity contribution in [2.45, 2.75) is 45.9 Å². The molecule has 5 rings (SSSR count). The zero-order chi connectivity index (χ0) is 29.7. The molecule has 0 bridgehead atoms. The van der Waals surface area contributed by atoms with Crippen molar-refractivity contribution in [3.63, 3.8) is 0 Å². The average molecular weight is 604 g/mol. The lowest BCUT2D eigenvalue weighted by molar-refractivity contribution is 0.0817. The molecule has 0 spiro atoms. The third-order valence-corrected chi connectivity index (χ3v) is 8.96. The van der Waals surface area contributed by atoms with Crippen LogP contribution in [-0.4, -0.2) is 57.6 Å². The van der Waals surface area contributed by atoms with Crippen LogP contribution in [-0.2, 0) is 18.1 Å². The molecule has 11 nitrogen and oxygen atoms in total. The molecule has 0 fully saturated rings. The van der Waals surface area contributed by atoms with E-state index >= 15 is 0 Å². The normalized spacial score (nSPS) is 11.5. The van der Waals surface area contributed by atoms with Crippen LogP contribution in [0.4, 0.5) is 5.13 Å². The number of hydrogen-bond donors (Lipinski definition) is 1. The van der Waals surface area contributed by atoms with Gasteiger partial charge in [-0.3, -0.25) is 20.1 Å². The van der Waals surface area contributed by atoms with Crippen LogP contribution in [0, 0.1) is 6.92 Å². The lowest BCUT2D eigenvalue weighted by Gasteiger charge is -2.15. The smallest absolute Gasteiger partial charge is 0.296 e. The first-order chi connectivity index (χ1) is 20.2. The first-order valence-electron chi connectivity index (χ1n) is 13.5. The van der Waals surface area contributed by atoms with Crippen LogP contribution in [0.2, 0.25) is 25.7 Å². The van der Waals surface area contributed by atoms with Crippen LogP contribution in [0.1, 0.15) is 21.7 Å². The highest BCUT2D eigenvalue weighted by Gasteiger charge is 2.19. The van der Waals surface area contributed by atoms with Crippen LogP contribution in [0.5, 0.6) is 10.9 Å². The molecule has 0 saturated heterocycles. The highest BCUT2D eigenvalue weighted by atomic mass is 32.1. The minimum absolute atomic E-state index is 0.169. The Labute approximate surface area is 248 Å². The molecule has 0 saturated carbocycles. The SMILES string of the molecule is COc1ccccc1-c1cc(C)ncc1C(=O)Nc1nnc(OCc2nccc3c2cnn3COCC[Si](C)(C)C)s1. The zero-order valence-corrected chi connectivity index (χ0v) is 26.1. The first kappa shape index (κ1) is 29.3. The summed E-state index contributed by atoms with van der Waals surface area (Å²) in [5.74, 6) is 0.296. The highest BCUT2D eigenvalue weighted by Crippen LogP contribution is 2.33. The number of nitrogens with one attached hydrogen (secondary N) is 1. The number of methoxy groups -OCH3 is 1. The summed E-state index contributed by atoms with van der Waals surface area (Å²) < 4.78 is 19.1. The van der Waals surface area contributed by atoms with Crippen molar-refractivity contribution >= 4 is 41.4 Å². The second kappa shape index (κ2) is 12.8. The van der Waals surface area contributed by atoms with Gasteiger partial charge in [-0.25, -0.2) is 4.68 Å². The molecular weight excluding hydrogens is 571 g/mol. The van der Waals surface area contributed by atoms with Crippen LogP contribution in [0.3, 0.4) is 0 Å². The predicted molar refractivity (Wildman–Crippen MR) is 165 cm³/mol. The number of hydrogen-bond acceptors (Lipinski definition) is 10. The largest absolute Gasteiger partial charge is 0.496 e. The molecule has 1 amide bonds. The van der Waals surface area contributed by atoms with Gasteiger partial charge in [-0.05, 0) is 42.5 Å². The van der Waals surface area contributed by atoms with E-state index in [4.69, 9.17) is 14.2 Å². The van der Waals surface area contributed by atoms with E-state index < -0.39 is 8.07 Å². The Hall–Kier alpha value is -4.20. The van der Waals surface area contributed by atoms with E-state index in [1.807, 2.05) is 48.0 Å². The number of benzene rings is 1. The van der Waals surface area contributed by atoms with Gasteiger partial charge in [0.2, 0.25) is 5.13 Å². The van der Waals surface area contributed by atoms with E-state index in [2.05, 4.69) is 50.2 Å². The van der Waals surface area contributed by atoms with E-state index in [1.165, 1.54) is 0 Å². The summed E-state index contributed by atoms with van der Waals surface area (Å²) in [6.45, 7) is 10.1. The minimum atomic E-state index is -1.15. The van der Waals surface area contributed by atoms with Crippen molar-refractivity contribution in [1.82, 2.24) is 29.9 Å². The topological polar surface area (TPSA) is 126 Å². The van der Waals surface area contributed by atoms with Crippen molar-refractivity contribution < 1.29 is 19.0 Å². The lowest BCUT2D eigenvalue weighted by Crippen LogP contribution is -2.22. The molecule has 0 atom stereocenters. The molecule has 0 unspecified atom stereocenters. The molecule has 1 N–H and O–H groups in total. The maximum Gasteiger partial charge on any atom is 0.296 e. The number of aryl methyl sites for hydroxylation is 1. The lowest BCUT2D eigenvalue weighted by atomic mass is 9.99. The summed E-state index contributed by atoms with van der Waals surface area (Å²) in [5.41, 5.74) is 4.30. The summed E-state index contributed by atoms with van der Waals surface area (Å²) in [6.07, 6.45) is 5.04. The Kier molecular flexibility index (Phi) is 8.90. The molecule has 4 heterocycles. The molecular formula is C29H33N7O4SSi. The van der Waals surface area contributed by atoms with Gasteiger partial charge in [0.15, 0.2) is 0 Å². The van der Waals surface area contributed by atoms with Crippen LogP contribution in [0.15, 0.2) is 55.0 Å². The summed E-state index contributed by atoms with van der Waals surface area (Å²) >= 11 is 1.13. The molecule has 0 radical (unpaired) electrons. The number of carbonyl (C=O) groups is 1. The second-order valence-electron chi connectivity index (χ2n) is 10.9. The Morgan fingerprint density at radius 2 is 1.90 bits per heavy atom. The van der Waals surface area contributed by atoms with E-state index in [9.17, 15) is 4.79 Å². The minimum Gasteiger partial charge on any atom is -0.496 e. The van der Waals surface area contributed by atoms with Gasteiger partial charge in [-0.15, -0.1) is 5.10 Å². The fourth-order valence-corrected chi connectivity index (χ4v) is 5.60. The third kappa shape index (κ3) is 6.98. The first-order valence-corrected chi connectivity index (χ1v) is 18.0. The standard InChI is InChI=1S/C29H33N7O4SSi/c1-19-14-21(20-8-6-7-9-26(20)38-2)22(15-31-19)27(37)33-28-34-35-29(41-28)40-17-24-23-16-32-36(25(23)10-11-30-24)18-39-12-13-42(3,4)5/h6-11,14-16H,12-13,17-18H2,1-5H3,(H,33,34,37). The van der Waals surface area contributed by atoms with Gasteiger partial charge in [0.1, 0.15) is 19.1 Å². The number of carbonyl (C=O) groups excluding carboxylic acids is 1. The Bertz CT molecular complexity index is 1700. The molecule has 0 aliphatic carbocycles. The number of aromatic nitrogens is 6. The number of rotatable bonds is 12. The number of pyridine rings is 2. The number of fused-ring (bicyclic) bond motifs is 1. The van der Waals surface area contributed by atoms with E-state index in [0.717, 1.165) is 46.1 Å². The highest BCUT2D eigenvalue weighted by molar-refractivity contribution is 7.17. The molecule has 0 aliphatic rings. The maximum absolute atomic E-state index is 13.3. The van der Waals surface area contributed by atoms with E-state index in [0.29, 0.717) is 39.6 Å². The summed E-state index contributed by atoms with van der Waals surface area (Å²) in [5, 5.41) is 16.9. The number of nitrogens with zero attached hydrogens (tertiary/aromatic N) is 6. The molecule has 1 aromatic carbocycles. The summed E-state index contributed by atoms with van der Waals surface area (Å²) in [6, 6.07) is 12.4. The van der Waals surface area contributed by atoms with Gasteiger partial charge in [-0.2, -0.15) is 5.10 Å². The second-order valence-corrected chi connectivity index (χ2v) is 17.4. The fraction of sp³-hybridized carbons (Fsp3) is 0.310. The van der Waals surface area contributed by atoms with E-state index in [1.54, 1.807) is 25.7 Å².